The number of benzene rings is 1. The van der Waals surface area contributed by atoms with Crippen molar-refractivity contribution >= 4 is 0 Å². The average molecular weight is 172 g/mol. The van der Waals surface area contributed by atoms with Crippen LogP contribution in [0.15, 0.2) is 6.07 Å². The van der Waals surface area contributed by atoms with Crippen LogP contribution >= 0.6 is 0 Å². The molecular weight excluding hydrogens is 162 g/mol. The van der Waals surface area contributed by atoms with Gasteiger partial charge in [0.1, 0.15) is 5.82 Å². The fourth-order valence-corrected chi connectivity index (χ4v) is 1.06. The molecule has 0 spiro atoms. The van der Waals surface area contributed by atoms with Gasteiger partial charge >= 0.3 is 0 Å². The van der Waals surface area contributed by atoms with Crippen molar-refractivity contribution < 1.29 is 13.5 Å². The maximum Gasteiger partial charge on any atom is 0.168 e. The molecule has 12 heavy (non-hydrogen) atoms. The van der Waals surface area contributed by atoms with Gasteiger partial charge in [-0.2, -0.15) is 0 Å². The van der Waals surface area contributed by atoms with E-state index in [2.05, 4.69) is 0 Å². The van der Waals surface area contributed by atoms with Crippen molar-refractivity contribution in [3.05, 3.63) is 28.8 Å². The lowest BCUT2D eigenvalue weighted by molar-refractivity contribution is 0.377. The summed E-state index contributed by atoms with van der Waals surface area (Å²) in [7, 11) is 1.32. The molecule has 0 aliphatic carbocycles. The number of methoxy groups -OCH3 is 1. The smallest absolute Gasteiger partial charge is 0.168 e. The molecule has 0 fully saturated rings. The Kier molecular flexibility index (Phi) is 2.31. The fraction of sp³-hybridized carbons (Fsp3) is 0.333. The van der Waals surface area contributed by atoms with E-state index >= 15 is 0 Å². The SMILES string of the molecule is COc1c(C)c(F)cc(C)c1F. The van der Waals surface area contributed by atoms with Crippen LogP contribution in [0.3, 0.4) is 0 Å². The number of rotatable bonds is 1. The molecule has 66 valence electrons. The highest BCUT2D eigenvalue weighted by Crippen LogP contribution is 2.26. The predicted octanol–water partition coefficient (Wildman–Crippen LogP) is 2.59. The van der Waals surface area contributed by atoms with Crippen LogP contribution in [0, 0.1) is 25.5 Å². The minimum atomic E-state index is -0.489. The van der Waals surface area contributed by atoms with Crippen LogP contribution in [0.25, 0.3) is 0 Å². The summed E-state index contributed by atoms with van der Waals surface area (Å²) in [5, 5.41) is 0. The Hall–Kier alpha value is -1.12. The van der Waals surface area contributed by atoms with E-state index in [9.17, 15) is 8.78 Å². The van der Waals surface area contributed by atoms with Crippen LogP contribution in [0.4, 0.5) is 8.78 Å². The molecule has 0 atom stereocenters. The van der Waals surface area contributed by atoms with Crippen molar-refractivity contribution in [2.45, 2.75) is 13.8 Å². The van der Waals surface area contributed by atoms with Gasteiger partial charge in [-0.15, -0.1) is 0 Å². The first-order valence-corrected chi connectivity index (χ1v) is 3.57. The average Bonchev–Trinajstić information content (AvgIpc) is 2.02. The molecule has 0 aliphatic rings. The summed E-state index contributed by atoms with van der Waals surface area (Å²) in [5.41, 5.74) is 0.468. The molecule has 0 saturated heterocycles. The van der Waals surface area contributed by atoms with Crippen LogP contribution in [0.2, 0.25) is 0 Å². The fourth-order valence-electron chi connectivity index (χ4n) is 1.06. The van der Waals surface area contributed by atoms with Crippen molar-refractivity contribution in [1.82, 2.24) is 0 Å². The Morgan fingerprint density at radius 1 is 1.25 bits per heavy atom. The molecular formula is C9H10F2O. The highest BCUT2D eigenvalue weighted by atomic mass is 19.1. The Bertz CT molecular complexity index is 282. The first-order valence-electron chi connectivity index (χ1n) is 3.57. The zero-order valence-corrected chi connectivity index (χ0v) is 7.24. The molecule has 1 aromatic rings. The lowest BCUT2D eigenvalue weighted by Crippen LogP contribution is -1.97. The normalized spacial score (nSPS) is 10.1. The molecule has 1 nitrogen and oxygen atoms in total. The molecule has 0 saturated carbocycles. The Balaban J connectivity index is 3.42. The molecule has 0 unspecified atom stereocenters. The van der Waals surface area contributed by atoms with E-state index in [1.165, 1.54) is 21.0 Å². The zero-order chi connectivity index (χ0) is 9.30. The second kappa shape index (κ2) is 3.09. The molecule has 1 rings (SSSR count). The molecule has 0 radical (unpaired) electrons. The second-order valence-electron chi connectivity index (χ2n) is 2.65. The zero-order valence-electron chi connectivity index (χ0n) is 7.24. The summed E-state index contributed by atoms with van der Waals surface area (Å²) in [6, 6.07) is 1.16. The van der Waals surface area contributed by atoms with Gasteiger partial charge in [0.25, 0.3) is 0 Å². The Morgan fingerprint density at radius 3 is 2.33 bits per heavy atom. The standard InChI is InChI=1S/C9H10F2O/c1-5-4-7(10)6(2)9(12-3)8(5)11/h4H,1-3H3. The first kappa shape index (κ1) is 8.97. The quantitative estimate of drug-likeness (QED) is 0.632. The van der Waals surface area contributed by atoms with Crippen LogP contribution in [-0.4, -0.2) is 7.11 Å². The van der Waals surface area contributed by atoms with Crippen LogP contribution in [0.5, 0.6) is 5.75 Å². The van der Waals surface area contributed by atoms with Gasteiger partial charge in [0.2, 0.25) is 0 Å². The second-order valence-corrected chi connectivity index (χ2v) is 2.65. The predicted molar refractivity (Wildman–Crippen MR) is 42.4 cm³/mol. The van der Waals surface area contributed by atoms with Crippen molar-refractivity contribution in [1.29, 1.82) is 0 Å². The topological polar surface area (TPSA) is 9.23 Å². The molecule has 0 aromatic heterocycles. The van der Waals surface area contributed by atoms with Crippen LogP contribution < -0.4 is 4.74 Å². The first-order chi connectivity index (χ1) is 5.57. The number of ether oxygens (including phenoxy) is 1. The minimum absolute atomic E-state index is 0.00694. The van der Waals surface area contributed by atoms with Gasteiger partial charge in [0, 0.05) is 5.56 Å². The van der Waals surface area contributed by atoms with E-state index in [-0.39, 0.29) is 16.9 Å². The number of hydrogen-bond donors (Lipinski definition) is 0. The number of hydrogen-bond acceptors (Lipinski definition) is 1. The van der Waals surface area contributed by atoms with Crippen molar-refractivity contribution in [2.24, 2.45) is 0 Å². The van der Waals surface area contributed by atoms with E-state index in [1.807, 2.05) is 0 Å². The highest BCUT2D eigenvalue weighted by molar-refractivity contribution is 5.39. The third-order valence-electron chi connectivity index (χ3n) is 1.79. The van der Waals surface area contributed by atoms with Crippen molar-refractivity contribution in [2.75, 3.05) is 7.11 Å². The van der Waals surface area contributed by atoms with E-state index < -0.39 is 11.6 Å². The minimum Gasteiger partial charge on any atom is -0.493 e. The lowest BCUT2D eigenvalue weighted by Gasteiger charge is -2.08. The Labute approximate surface area is 70.0 Å². The molecule has 3 heteroatoms. The largest absolute Gasteiger partial charge is 0.493 e. The molecule has 0 amide bonds. The molecule has 1 aromatic carbocycles. The summed E-state index contributed by atoms with van der Waals surface area (Å²) in [5.74, 6) is -0.936. The van der Waals surface area contributed by atoms with Crippen molar-refractivity contribution in [3.8, 4) is 5.75 Å². The number of halogens is 2. The van der Waals surface area contributed by atoms with Gasteiger partial charge in [-0.3, -0.25) is 0 Å². The van der Waals surface area contributed by atoms with Crippen LogP contribution in [-0.2, 0) is 0 Å². The van der Waals surface area contributed by atoms with Gasteiger partial charge in [-0.1, -0.05) is 0 Å². The third kappa shape index (κ3) is 1.26. The van der Waals surface area contributed by atoms with Gasteiger partial charge in [0.05, 0.1) is 7.11 Å². The van der Waals surface area contributed by atoms with E-state index in [1.54, 1.807) is 0 Å². The van der Waals surface area contributed by atoms with Crippen molar-refractivity contribution in [3.63, 3.8) is 0 Å². The molecule has 0 aliphatic heterocycles. The summed E-state index contributed by atoms with van der Waals surface area (Å²) < 4.78 is 30.8. The van der Waals surface area contributed by atoms with E-state index in [0.29, 0.717) is 0 Å². The van der Waals surface area contributed by atoms with Crippen LogP contribution in [0.1, 0.15) is 11.1 Å². The van der Waals surface area contributed by atoms with E-state index in [4.69, 9.17) is 4.74 Å². The molecule has 0 bridgehead atoms. The summed E-state index contributed by atoms with van der Waals surface area (Å²) in [6.45, 7) is 2.98. The van der Waals surface area contributed by atoms with Gasteiger partial charge in [-0.05, 0) is 25.5 Å². The summed E-state index contributed by atoms with van der Waals surface area (Å²) >= 11 is 0. The Morgan fingerprint density at radius 2 is 1.83 bits per heavy atom. The lowest BCUT2D eigenvalue weighted by atomic mass is 10.1. The summed E-state index contributed by atoms with van der Waals surface area (Å²) in [4.78, 5) is 0. The number of aryl methyl sites for hydroxylation is 1. The molecule has 0 heterocycles. The maximum absolute atomic E-state index is 13.2. The van der Waals surface area contributed by atoms with E-state index in [0.717, 1.165) is 6.07 Å². The van der Waals surface area contributed by atoms with Gasteiger partial charge < -0.3 is 4.74 Å². The molecule has 0 N–H and O–H groups in total. The third-order valence-corrected chi connectivity index (χ3v) is 1.79. The highest BCUT2D eigenvalue weighted by Gasteiger charge is 2.13. The van der Waals surface area contributed by atoms with Gasteiger partial charge in [0.15, 0.2) is 11.6 Å². The monoisotopic (exact) mass is 172 g/mol. The summed E-state index contributed by atoms with van der Waals surface area (Å²) in [6.07, 6.45) is 0. The maximum atomic E-state index is 13.2. The van der Waals surface area contributed by atoms with Gasteiger partial charge in [-0.25, -0.2) is 8.78 Å².